The summed E-state index contributed by atoms with van der Waals surface area (Å²) in [6.07, 6.45) is -0.721. The van der Waals surface area contributed by atoms with E-state index in [1.54, 1.807) is 7.11 Å². The molecule has 0 aliphatic heterocycles. The largest absolute Gasteiger partial charge is 0.496 e. The zero-order valence-electron chi connectivity index (χ0n) is 13.0. The second-order valence-corrected chi connectivity index (χ2v) is 5.30. The van der Waals surface area contributed by atoms with Crippen LogP contribution < -0.4 is 9.47 Å². The normalized spacial score (nSPS) is 12.0. The summed E-state index contributed by atoms with van der Waals surface area (Å²) in [4.78, 5) is 0. The lowest BCUT2D eigenvalue weighted by Gasteiger charge is -2.18. The van der Waals surface area contributed by atoms with Gasteiger partial charge in [-0.3, -0.25) is 0 Å². The summed E-state index contributed by atoms with van der Waals surface area (Å²) < 4.78 is 11.1. The molecule has 0 saturated heterocycles. The van der Waals surface area contributed by atoms with E-state index in [-0.39, 0.29) is 6.61 Å². The van der Waals surface area contributed by atoms with Crippen LogP contribution in [0.25, 0.3) is 0 Å². The van der Waals surface area contributed by atoms with Crippen molar-refractivity contribution in [2.45, 2.75) is 26.9 Å². The highest BCUT2D eigenvalue weighted by molar-refractivity contribution is 5.43. The third-order valence-electron chi connectivity index (χ3n) is 3.49. The van der Waals surface area contributed by atoms with Gasteiger partial charge in [-0.2, -0.15) is 0 Å². The van der Waals surface area contributed by atoms with Crippen LogP contribution in [0.15, 0.2) is 36.4 Å². The minimum Gasteiger partial charge on any atom is -0.496 e. The van der Waals surface area contributed by atoms with Gasteiger partial charge in [0.2, 0.25) is 0 Å². The second-order valence-electron chi connectivity index (χ2n) is 5.30. The minimum atomic E-state index is -0.721. The van der Waals surface area contributed by atoms with Crippen molar-refractivity contribution in [2.24, 2.45) is 0 Å². The quantitative estimate of drug-likeness (QED) is 0.910. The van der Waals surface area contributed by atoms with E-state index in [4.69, 9.17) is 9.47 Å². The molecule has 112 valence electrons. The Bertz CT molecular complexity index is 597. The third kappa shape index (κ3) is 3.56. The molecule has 1 unspecified atom stereocenters. The van der Waals surface area contributed by atoms with Gasteiger partial charge in [-0.15, -0.1) is 0 Å². The summed E-state index contributed by atoms with van der Waals surface area (Å²) in [6.45, 7) is 6.30. The molecule has 0 bridgehead atoms. The molecule has 0 heterocycles. The Labute approximate surface area is 126 Å². The fourth-order valence-corrected chi connectivity index (χ4v) is 2.59. The van der Waals surface area contributed by atoms with Crippen molar-refractivity contribution in [3.8, 4) is 11.5 Å². The fourth-order valence-electron chi connectivity index (χ4n) is 2.59. The first kappa shape index (κ1) is 15.4. The number of aliphatic hydroxyl groups is 1. The molecule has 0 aliphatic carbocycles. The zero-order valence-corrected chi connectivity index (χ0v) is 13.0. The van der Waals surface area contributed by atoms with Gasteiger partial charge in [0.05, 0.1) is 7.11 Å². The molecule has 0 radical (unpaired) electrons. The third-order valence-corrected chi connectivity index (χ3v) is 3.49. The van der Waals surface area contributed by atoms with Crippen LogP contribution in [-0.2, 0) is 0 Å². The predicted molar refractivity (Wildman–Crippen MR) is 84.1 cm³/mol. The van der Waals surface area contributed by atoms with Gasteiger partial charge in [0.1, 0.15) is 24.2 Å². The van der Waals surface area contributed by atoms with Gasteiger partial charge in [0.25, 0.3) is 0 Å². The average Bonchev–Trinajstić information content (AvgIpc) is 2.45. The Morgan fingerprint density at radius 1 is 1.05 bits per heavy atom. The second kappa shape index (κ2) is 6.64. The Balaban J connectivity index is 2.13. The maximum absolute atomic E-state index is 10.3. The van der Waals surface area contributed by atoms with Crippen molar-refractivity contribution in [1.29, 1.82) is 0 Å². The van der Waals surface area contributed by atoms with E-state index in [9.17, 15) is 5.11 Å². The molecule has 2 rings (SSSR count). The van der Waals surface area contributed by atoms with Crippen LogP contribution in [0.5, 0.6) is 11.5 Å². The molecule has 0 aliphatic rings. The zero-order chi connectivity index (χ0) is 15.4. The van der Waals surface area contributed by atoms with Gasteiger partial charge in [-0.25, -0.2) is 0 Å². The monoisotopic (exact) mass is 286 g/mol. The highest BCUT2D eigenvalue weighted by atomic mass is 16.5. The molecule has 0 amide bonds. The van der Waals surface area contributed by atoms with E-state index in [0.717, 1.165) is 22.4 Å². The number of aliphatic hydroxyl groups excluding tert-OH is 1. The summed E-state index contributed by atoms with van der Waals surface area (Å²) in [5.74, 6) is 1.51. The lowest BCUT2D eigenvalue weighted by Crippen LogP contribution is -2.12. The molecule has 1 atom stereocenters. The van der Waals surface area contributed by atoms with Gasteiger partial charge in [-0.1, -0.05) is 35.9 Å². The van der Waals surface area contributed by atoms with Gasteiger partial charge < -0.3 is 14.6 Å². The maximum Gasteiger partial charge on any atom is 0.125 e. The molecular weight excluding hydrogens is 264 g/mol. The summed E-state index contributed by atoms with van der Waals surface area (Å²) in [6, 6.07) is 11.6. The first-order valence-electron chi connectivity index (χ1n) is 7.04. The van der Waals surface area contributed by atoms with Gasteiger partial charge in [0.15, 0.2) is 0 Å². The van der Waals surface area contributed by atoms with E-state index in [1.807, 2.05) is 38.1 Å². The minimum absolute atomic E-state index is 0.200. The van der Waals surface area contributed by atoms with Gasteiger partial charge in [0, 0.05) is 5.56 Å². The van der Waals surface area contributed by atoms with Crippen LogP contribution in [0.1, 0.15) is 28.4 Å². The summed E-state index contributed by atoms with van der Waals surface area (Å²) in [5.41, 5.74) is 4.12. The van der Waals surface area contributed by atoms with Crippen molar-refractivity contribution in [3.63, 3.8) is 0 Å². The predicted octanol–water partition coefficient (Wildman–Crippen LogP) is 3.73. The fraction of sp³-hybridized carbons (Fsp3) is 0.333. The van der Waals surface area contributed by atoms with Crippen LogP contribution in [0.3, 0.4) is 0 Å². The Kier molecular flexibility index (Phi) is 4.86. The number of benzene rings is 2. The summed E-state index contributed by atoms with van der Waals surface area (Å²) in [7, 11) is 1.60. The number of aryl methyl sites for hydroxylation is 3. The number of hydrogen-bond acceptors (Lipinski definition) is 3. The molecule has 3 nitrogen and oxygen atoms in total. The lowest BCUT2D eigenvalue weighted by molar-refractivity contribution is 0.105. The molecule has 21 heavy (non-hydrogen) atoms. The molecule has 3 heteroatoms. The molecule has 2 aromatic carbocycles. The van der Waals surface area contributed by atoms with Crippen molar-refractivity contribution >= 4 is 0 Å². The van der Waals surface area contributed by atoms with Crippen molar-refractivity contribution in [3.05, 3.63) is 58.7 Å². The standard InChI is InChI=1S/C18H22O3/c1-12-9-13(2)18(14(3)10-12)21-11-16(19)15-7-5-6-8-17(15)20-4/h5-10,16,19H,11H2,1-4H3. The summed E-state index contributed by atoms with van der Waals surface area (Å²) in [5, 5.41) is 10.3. The van der Waals surface area contributed by atoms with Crippen molar-refractivity contribution in [1.82, 2.24) is 0 Å². The lowest BCUT2D eigenvalue weighted by atomic mass is 10.1. The molecule has 0 saturated carbocycles. The summed E-state index contributed by atoms with van der Waals surface area (Å²) >= 11 is 0. The van der Waals surface area contributed by atoms with Crippen LogP contribution in [0, 0.1) is 20.8 Å². The highest BCUT2D eigenvalue weighted by Crippen LogP contribution is 2.28. The Morgan fingerprint density at radius 2 is 1.67 bits per heavy atom. The maximum atomic E-state index is 10.3. The van der Waals surface area contributed by atoms with Crippen molar-refractivity contribution in [2.75, 3.05) is 13.7 Å². The Hall–Kier alpha value is -2.00. The number of methoxy groups -OCH3 is 1. The topological polar surface area (TPSA) is 38.7 Å². The van der Waals surface area contributed by atoms with Crippen LogP contribution in [0.2, 0.25) is 0 Å². The van der Waals surface area contributed by atoms with Gasteiger partial charge in [-0.05, 0) is 38.0 Å². The molecular formula is C18H22O3. The molecule has 0 aromatic heterocycles. The SMILES string of the molecule is COc1ccccc1C(O)COc1c(C)cc(C)cc1C. The number of hydrogen-bond donors (Lipinski definition) is 1. The number of rotatable bonds is 5. The first-order valence-corrected chi connectivity index (χ1v) is 7.04. The van der Waals surface area contributed by atoms with Crippen molar-refractivity contribution < 1.29 is 14.6 Å². The van der Waals surface area contributed by atoms with E-state index in [1.165, 1.54) is 5.56 Å². The van der Waals surface area contributed by atoms with Crippen LogP contribution >= 0.6 is 0 Å². The molecule has 1 N–H and O–H groups in total. The highest BCUT2D eigenvalue weighted by Gasteiger charge is 2.14. The van der Waals surface area contributed by atoms with Gasteiger partial charge >= 0.3 is 0 Å². The van der Waals surface area contributed by atoms with Crippen LogP contribution in [-0.4, -0.2) is 18.8 Å². The average molecular weight is 286 g/mol. The first-order chi connectivity index (χ1) is 10.0. The van der Waals surface area contributed by atoms with E-state index < -0.39 is 6.10 Å². The Morgan fingerprint density at radius 3 is 2.29 bits per heavy atom. The molecule has 0 fully saturated rings. The van der Waals surface area contributed by atoms with E-state index in [2.05, 4.69) is 19.1 Å². The molecule has 0 spiro atoms. The van der Waals surface area contributed by atoms with E-state index in [0.29, 0.717) is 5.75 Å². The number of ether oxygens (including phenoxy) is 2. The number of para-hydroxylation sites is 1. The van der Waals surface area contributed by atoms with Crippen LogP contribution in [0.4, 0.5) is 0 Å². The smallest absolute Gasteiger partial charge is 0.125 e. The van der Waals surface area contributed by atoms with E-state index >= 15 is 0 Å². The molecule has 2 aromatic rings.